The first-order valence-electron chi connectivity index (χ1n) is 10.8. The van der Waals surface area contributed by atoms with Crippen LogP contribution in [0.2, 0.25) is 5.02 Å². The molecule has 0 aliphatic heterocycles. The second-order valence-electron chi connectivity index (χ2n) is 8.49. The molecule has 1 aromatic heterocycles. The minimum Gasteiger partial charge on any atom is -0.342 e. The van der Waals surface area contributed by atoms with E-state index < -0.39 is 0 Å². The molecule has 0 aliphatic carbocycles. The van der Waals surface area contributed by atoms with Gasteiger partial charge >= 0.3 is 0 Å². The fourth-order valence-electron chi connectivity index (χ4n) is 4.23. The summed E-state index contributed by atoms with van der Waals surface area (Å²) >= 11 is 5.96. The molecule has 0 radical (unpaired) electrons. The van der Waals surface area contributed by atoms with Crippen molar-refractivity contribution in [3.05, 3.63) is 98.8 Å². The number of aryl methyl sites for hydroxylation is 2. The summed E-state index contributed by atoms with van der Waals surface area (Å²) in [6.07, 6.45) is 0. The van der Waals surface area contributed by atoms with Crippen molar-refractivity contribution in [2.75, 3.05) is 0 Å². The summed E-state index contributed by atoms with van der Waals surface area (Å²) in [5, 5.41) is 3.71. The highest BCUT2D eigenvalue weighted by molar-refractivity contribution is 6.30. The summed E-state index contributed by atoms with van der Waals surface area (Å²) in [6, 6.07) is 17.0. The molecule has 4 aromatic rings. The fraction of sp³-hybridized carbons (Fsp3) is 0.259. The monoisotopic (exact) mass is 445 g/mol. The third-order valence-corrected chi connectivity index (χ3v) is 6.61. The van der Waals surface area contributed by atoms with E-state index in [-0.39, 0.29) is 11.9 Å². The molecule has 4 rings (SSSR count). The Labute approximate surface area is 194 Å². The first-order valence-corrected chi connectivity index (χ1v) is 11.2. The molecular formula is C27H28ClN3O. The number of benzene rings is 3. The van der Waals surface area contributed by atoms with Crippen molar-refractivity contribution >= 4 is 28.5 Å². The van der Waals surface area contributed by atoms with Gasteiger partial charge < -0.3 is 9.88 Å². The predicted octanol–water partition coefficient (Wildman–Crippen LogP) is 6.46. The van der Waals surface area contributed by atoms with Crippen LogP contribution in [0.5, 0.6) is 0 Å². The summed E-state index contributed by atoms with van der Waals surface area (Å²) in [5.74, 6) is 0.693. The van der Waals surface area contributed by atoms with Crippen LogP contribution in [-0.2, 0) is 6.54 Å². The molecule has 3 aromatic carbocycles. The quantitative estimate of drug-likeness (QED) is 0.383. The standard InChI is InChI=1S/C27H28ClN3O/c1-16-14-17(2)19(4)23(18(16)3)15-31-25-9-7-6-8-24(25)30-26(31)20(5)29-27(32)21-10-12-22(28)13-11-21/h6-14,20H,15H2,1-5H3,(H,29,32). The van der Waals surface area contributed by atoms with Gasteiger partial charge in [0.15, 0.2) is 0 Å². The number of hydrogen-bond donors (Lipinski definition) is 1. The predicted molar refractivity (Wildman–Crippen MR) is 132 cm³/mol. The van der Waals surface area contributed by atoms with Gasteiger partial charge in [0.05, 0.1) is 17.1 Å². The number of imidazole rings is 1. The molecule has 0 fully saturated rings. The lowest BCUT2D eigenvalue weighted by atomic mass is 9.94. The van der Waals surface area contributed by atoms with Crippen LogP contribution >= 0.6 is 11.6 Å². The first-order chi connectivity index (χ1) is 15.3. The Morgan fingerprint density at radius 2 is 1.62 bits per heavy atom. The number of carbonyl (C=O) groups excluding carboxylic acids is 1. The molecule has 0 aliphatic rings. The lowest BCUT2D eigenvalue weighted by Gasteiger charge is -2.20. The Hall–Kier alpha value is -3.11. The summed E-state index contributed by atoms with van der Waals surface area (Å²) in [5.41, 5.74) is 9.05. The smallest absolute Gasteiger partial charge is 0.251 e. The van der Waals surface area contributed by atoms with Crippen molar-refractivity contribution in [1.29, 1.82) is 0 Å². The highest BCUT2D eigenvalue weighted by atomic mass is 35.5. The lowest BCUT2D eigenvalue weighted by Crippen LogP contribution is -2.29. The highest BCUT2D eigenvalue weighted by Gasteiger charge is 2.21. The number of para-hydroxylation sites is 2. The van der Waals surface area contributed by atoms with Crippen molar-refractivity contribution in [1.82, 2.24) is 14.9 Å². The Morgan fingerprint density at radius 3 is 2.28 bits per heavy atom. The normalized spacial score (nSPS) is 12.2. The maximum absolute atomic E-state index is 12.8. The Bertz CT molecular complexity index is 1280. The Morgan fingerprint density at radius 1 is 1.00 bits per heavy atom. The van der Waals surface area contributed by atoms with Gasteiger partial charge in [-0.1, -0.05) is 29.8 Å². The molecule has 4 nitrogen and oxygen atoms in total. The van der Waals surface area contributed by atoms with E-state index in [1.54, 1.807) is 24.3 Å². The van der Waals surface area contributed by atoms with E-state index in [2.05, 4.69) is 49.7 Å². The summed E-state index contributed by atoms with van der Waals surface area (Å²) < 4.78 is 2.23. The van der Waals surface area contributed by atoms with Gasteiger partial charge in [-0.2, -0.15) is 0 Å². The zero-order chi connectivity index (χ0) is 23.0. The van der Waals surface area contributed by atoms with Crippen LogP contribution in [-0.4, -0.2) is 15.5 Å². The van der Waals surface area contributed by atoms with E-state index in [9.17, 15) is 4.79 Å². The van der Waals surface area contributed by atoms with E-state index in [0.717, 1.165) is 16.9 Å². The Kier molecular flexibility index (Phi) is 6.07. The van der Waals surface area contributed by atoms with Crippen LogP contribution < -0.4 is 5.32 Å². The van der Waals surface area contributed by atoms with Crippen LogP contribution in [0.1, 0.15) is 57.0 Å². The van der Waals surface area contributed by atoms with Gasteiger partial charge in [0.25, 0.3) is 5.91 Å². The van der Waals surface area contributed by atoms with Crippen LogP contribution in [0.15, 0.2) is 54.6 Å². The summed E-state index contributed by atoms with van der Waals surface area (Å²) in [4.78, 5) is 17.7. The number of amides is 1. The molecule has 1 unspecified atom stereocenters. The lowest BCUT2D eigenvalue weighted by molar-refractivity contribution is 0.0938. The second kappa shape index (κ2) is 8.79. The number of nitrogens with zero attached hydrogens (tertiary/aromatic N) is 2. The molecular weight excluding hydrogens is 418 g/mol. The van der Waals surface area contributed by atoms with Gasteiger partial charge in [0.1, 0.15) is 5.82 Å². The highest BCUT2D eigenvalue weighted by Crippen LogP contribution is 2.27. The zero-order valence-electron chi connectivity index (χ0n) is 19.2. The largest absolute Gasteiger partial charge is 0.342 e. The molecule has 1 atom stereocenters. The van der Waals surface area contributed by atoms with E-state index in [4.69, 9.17) is 16.6 Å². The van der Waals surface area contributed by atoms with Gasteiger partial charge in [0, 0.05) is 17.1 Å². The number of carbonyl (C=O) groups is 1. The number of halogens is 1. The molecule has 0 bridgehead atoms. The van der Waals surface area contributed by atoms with Crippen molar-refractivity contribution in [2.45, 2.75) is 47.2 Å². The van der Waals surface area contributed by atoms with Crippen LogP contribution in [0.3, 0.4) is 0 Å². The fourth-order valence-corrected chi connectivity index (χ4v) is 4.36. The van der Waals surface area contributed by atoms with Crippen molar-refractivity contribution in [3.8, 4) is 0 Å². The van der Waals surface area contributed by atoms with Gasteiger partial charge in [0.2, 0.25) is 0 Å². The Balaban J connectivity index is 1.74. The van der Waals surface area contributed by atoms with Crippen molar-refractivity contribution in [3.63, 3.8) is 0 Å². The minimum atomic E-state index is -0.267. The number of fused-ring (bicyclic) bond motifs is 1. The maximum Gasteiger partial charge on any atom is 0.251 e. The van der Waals surface area contributed by atoms with Gasteiger partial charge in [-0.05, 0) is 98.8 Å². The maximum atomic E-state index is 12.8. The molecule has 0 saturated carbocycles. The number of hydrogen-bond acceptors (Lipinski definition) is 2. The molecule has 5 heteroatoms. The van der Waals surface area contributed by atoms with E-state index in [1.165, 1.54) is 27.8 Å². The van der Waals surface area contributed by atoms with E-state index in [1.807, 2.05) is 25.1 Å². The molecule has 1 N–H and O–H groups in total. The van der Waals surface area contributed by atoms with Gasteiger partial charge in [-0.3, -0.25) is 4.79 Å². The average Bonchev–Trinajstić information content (AvgIpc) is 3.14. The topological polar surface area (TPSA) is 46.9 Å². The van der Waals surface area contributed by atoms with Crippen LogP contribution in [0.25, 0.3) is 11.0 Å². The molecule has 0 saturated heterocycles. The minimum absolute atomic E-state index is 0.147. The van der Waals surface area contributed by atoms with Crippen molar-refractivity contribution in [2.24, 2.45) is 0 Å². The molecule has 164 valence electrons. The molecule has 1 heterocycles. The SMILES string of the molecule is Cc1cc(C)c(C)c(Cn2c(C(C)NC(=O)c3ccc(Cl)cc3)nc3ccccc32)c1C. The van der Waals surface area contributed by atoms with E-state index >= 15 is 0 Å². The zero-order valence-corrected chi connectivity index (χ0v) is 19.9. The molecule has 1 amide bonds. The van der Waals surface area contributed by atoms with Crippen LogP contribution in [0.4, 0.5) is 0 Å². The van der Waals surface area contributed by atoms with E-state index in [0.29, 0.717) is 17.1 Å². The average molecular weight is 446 g/mol. The van der Waals surface area contributed by atoms with Crippen molar-refractivity contribution < 1.29 is 4.79 Å². The van der Waals surface area contributed by atoms with Gasteiger partial charge in [-0.25, -0.2) is 4.98 Å². The molecule has 0 spiro atoms. The number of rotatable bonds is 5. The number of aromatic nitrogens is 2. The number of nitrogens with one attached hydrogen (secondary N) is 1. The summed E-state index contributed by atoms with van der Waals surface area (Å²) in [6.45, 7) is 11.4. The second-order valence-corrected chi connectivity index (χ2v) is 8.92. The molecule has 32 heavy (non-hydrogen) atoms. The van der Waals surface area contributed by atoms with Gasteiger partial charge in [-0.15, -0.1) is 0 Å². The van der Waals surface area contributed by atoms with Crippen LogP contribution in [0, 0.1) is 27.7 Å². The first kappa shape index (κ1) is 22.1. The third kappa shape index (κ3) is 4.15. The summed E-state index contributed by atoms with van der Waals surface area (Å²) in [7, 11) is 0. The third-order valence-electron chi connectivity index (χ3n) is 6.36.